The van der Waals surface area contributed by atoms with E-state index in [-0.39, 0.29) is 24.7 Å². The van der Waals surface area contributed by atoms with Crippen LogP contribution in [-0.4, -0.2) is 81.9 Å². The number of piperidine rings is 2. The molecule has 2 saturated heterocycles. The van der Waals surface area contributed by atoms with Crippen LogP contribution >= 0.6 is 0 Å². The molecule has 8 heteroatoms. The first kappa shape index (κ1) is 17.7. The van der Waals surface area contributed by atoms with Crippen LogP contribution in [0.25, 0.3) is 0 Å². The Morgan fingerprint density at radius 1 is 1.05 bits per heavy atom. The van der Waals surface area contributed by atoms with Crippen LogP contribution in [-0.2, 0) is 24.3 Å². The Kier molecular flexibility index (Phi) is 6.19. The van der Waals surface area contributed by atoms with Crippen molar-refractivity contribution in [2.45, 2.75) is 37.9 Å². The maximum Gasteiger partial charge on any atom is 0.248 e. The summed E-state index contributed by atoms with van der Waals surface area (Å²) >= 11 is 0. The van der Waals surface area contributed by atoms with Gasteiger partial charge in [0.2, 0.25) is 15.9 Å². The quantitative estimate of drug-likeness (QED) is 0.711. The van der Waals surface area contributed by atoms with Gasteiger partial charge in [0, 0.05) is 33.3 Å². The maximum atomic E-state index is 11.7. The lowest BCUT2D eigenvalue weighted by atomic mass is 10.1. The summed E-state index contributed by atoms with van der Waals surface area (Å²) in [5.74, 6) is 0.0300. The number of nitrogens with zero attached hydrogens (tertiary/aromatic N) is 2. The van der Waals surface area contributed by atoms with Crippen LogP contribution in [0.2, 0.25) is 0 Å². The molecule has 7 nitrogen and oxygen atoms in total. The summed E-state index contributed by atoms with van der Waals surface area (Å²) in [5, 5.41) is 0. The lowest BCUT2D eigenvalue weighted by Crippen LogP contribution is -2.45. The third-order valence-electron chi connectivity index (χ3n) is 4.32. The van der Waals surface area contributed by atoms with Crippen molar-refractivity contribution >= 4 is 15.9 Å². The minimum Gasteiger partial charge on any atom is -0.375 e. The lowest BCUT2D eigenvalue weighted by Gasteiger charge is -2.36. The number of ether oxygens (including phenoxy) is 2. The molecular formula is C14H26N2O5S. The van der Waals surface area contributed by atoms with Crippen molar-refractivity contribution in [3.8, 4) is 0 Å². The Labute approximate surface area is 132 Å². The van der Waals surface area contributed by atoms with Crippen LogP contribution in [0.4, 0.5) is 0 Å². The molecule has 128 valence electrons. The van der Waals surface area contributed by atoms with Gasteiger partial charge in [0.25, 0.3) is 0 Å². The van der Waals surface area contributed by atoms with Crippen LogP contribution in [0.3, 0.4) is 0 Å². The van der Waals surface area contributed by atoms with Crippen molar-refractivity contribution in [1.29, 1.82) is 0 Å². The highest BCUT2D eigenvalue weighted by atomic mass is 32.2. The fourth-order valence-electron chi connectivity index (χ4n) is 3.03. The van der Waals surface area contributed by atoms with Gasteiger partial charge in [-0.15, -0.1) is 0 Å². The molecule has 0 unspecified atom stereocenters. The minimum absolute atomic E-state index is 0.0300. The van der Waals surface area contributed by atoms with Crippen molar-refractivity contribution in [2.24, 2.45) is 0 Å². The van der Waals surface area contributed by atoms with E-state index in [0.717, 1.165) is 25.7 Å². The molecule has 0 aromatic heterocycles. The number of methoxy groups -OCH3 is 1. The van der Waals surface area contributed by atoms with E-state index in [4.69, 9.17) is 9.47 Å². The van der Waals surface area contributed by atoms with Crippen LogP contribution in [0, 0.1) is 0 Å². The normalized spacial score (nSPS) is 22.9. The Balaban J connectivity index is 1.70. The van der Waals surface area contributed by atoms with E-state index in [9.17, 15) is 13.2 Å². The molecule has 0 aliphatic carbocycles. The lowest BCUT2D eigenvalue weighted by molar-refractivity contribution is -0.138. The second kappa shape index (κ2) is 7.72. The van der Waals surface area contributed by atoms with Gasteiger partial charge in [0.15, 0.2) is 0 Å². The highest BCUT2D eigenvalue weighted by Gasteiger charge is 2.29. The number of likely N-dealkylation sites (tertiary alicyclic amines) is 1. The van der Waals surface area contributed by atoms with Gasteiger partial charge >= 0.3 is 0 Å². The average Bonchev–Trinajstić information content (AvgIpc) is 2.48. The largest absolute Gasteiger partial charge is 0.375 e. The first-order valence-electron chi connectivity index (χ1n) is 7.77. The Hall–Kier alpha value is -0.700. The van der Waals surface area contributed by atoms with Crippen molar-refractivity contribution in [3.05, 3.63) is 0 Å². The summed E-state index contributed by atoms with van der Waals surface area (Å²) in [4.78, 5) is 13.5. The Bertz CT molecular complexity index is 466. The van der Waals surface area contributed by atoms with Gasteiger partial charge in [-0.1, -0.05) is 0 Å². The monoisotopic (exact) mass is 334 g/mol. The van der Waals surface area contributed by atoms with Gasteiger partial charge in [-0.3, -0.25) is 4.79 Å². The predicted molar refractivity (Wildman–Crippen MR) is 82.0 cm³/mol. The van der Waals surface area contributed by atoms with E-state index >= 15 is 0 Å². The molecule has 0 spiro atoms. The van der Waals surface area contributed by atoms with Crippen LogP contribution in [0.5, 0.6) is 0 Å². The van der Waals surface area contributed by atoms with Crippen molar-refractivity contribution in [3.63, 3.8) is 0 Å². The molecule has 0 atom stereocenters. The molecule has 2 heterocycles. The number of carbonyl (C=O) groups is 1. The summed E-state index contributed by atoms with van der Waals surface area (Å²) in [5.41, 5.74) is 0. The molecule has 0 aromatic rings. The topological polar surface area (TPSA) is 76.2 Å². The van der Waals surface area contributed by atoms with Gasteiger partial charge in [-0.2, -0.15) is 0 Å². The molecule has 22 heavy (non-hydrogen) atoms. The van der Waals surface area contributed by atoms with E-state index in [1.807, 2.05) is 4.90 Å². The van der Waals surface area contributed by atoms with Crippen LogP contribution in [0.15, 0.2) is 0 Å². The molecule has 2 aliphatic rings. The van der Waals surface area contributed by atoms with Gasteiger partial charge in [0.1, 0.15) is 6.61 Å². The zero-order valence-electron chi connectivity index (χ0n) is 13.4. The molecule has 2 aliphatic heterocycles. The second-order valence-corrected chi connectivity index (χ2v) is 7.99. The van der Waals surface area contributed by atoms with E-state index in [2.05, 4.69) is 0 Å². The molecule has 0 bridgehead atoms. The fraction of sp³-hybridized carbons (Fsp3) is 0.929. The average molecular weight is 334 g/mol. The highest BCUT2D eigenvalue weighted by molar-refractivity contribution is 7.88. The third kappa shape index (κ3) is 4.91. The Morgan fingerprint density at radius 3 is 2.00 bits per heavy atom. The summed E-state index contributed by atoms with van der Waals surface area (Å²) in [6.07, 6.45) is 4.71. The number of amides is 1. The van der Waals surface area contributed by atoms with E-state index in [0.29, 0.717) is 26.2 Å². The standard InChI is InChI=1S/C14H26N2O5S/c1-20-11-14(17)15-7-3-12(4-8-15)21-13-5-9-16(10-6-13)22(2,18)19/h12-13H,3-11H2,1-2H3. The highest BCUT2D eigenvalue weighted by Crippen LogP contribution is 2.22. The minimum atomic E-state index is -3.08. The van der Waals surface area contributed by atoms with Crippen LogP contribution in [0.1, 0.15) is 25.7 Å². The van der Waals surface area contributed by atoms with E-state index in [1.165, 1.54) is 17.7 Å². The second-order valence-electron chi connectivity index (χ2n) is 6.01. The number of carbonyl (C=O) groups excluding carboxylic acids is 1. The molecule has 2 fully saturated rings. The summed E-state index contributed by atoms with van der Waals surface area (Å²) in [6, 6.07) is 0. The SMILES string of the molecule is COCC(=O)N1CCC(OC2CCN(S(C)(=O)=O)CC2)CC1. The van der Waals surface area contributed by atoms with Crippen molar-refractivity contribution in [2.75, 3.05) is 46.2 Å². The number of rotatable bonds is 5. The van der Waals surface area contributed by atoms with Crippen molar-refractivity contribution < 1.29 is 22.7 Å². The first-order chi connectivity index (χ1) is 10.4. The number of sulfonamides is 1. The fourth-order valence-corrected chi connectivity index (χ4v) is 3.90. The zero-order chi connectivity index (χ0) is 16.2. The van der Waals surface area contributed by atoms with E-state index < -0.39 is 10.0 Å². The van der Waals surface area contributed by atoms with Gasteiger partial charge in [0.05, 0.1) is 18.5 Å². The zero-order valence-corrected chi connectivity index (χ0v) is 14.2. The van der Waals surface area contributed by atoms with Gasteiger partial charge in [-0.05, 0) is 25.7 Å². The summed E-state index contributed by atoms with van der Waals surface area (Å²) in [6.45, 7) is 2.61. The molecule has 0 N–H and O–H groups in total. The first-order valence-corrected chi connectivity index (χ1v) is 9.62. The third-order valence-corrected chi connectivity index (χ3v) is 5.62. The maximum absolute atomic E-state index is 11.7. The molecule has 0 saturated carbocycles. The van der Waals surface area contributed by atoms with Crippen molar-refractivity contribution in [1.82, 2.24) is 9.21 Å². The Morgan fingerprint density at radius 2 is 1.55 bits per heavy atom. The van der Waals surface area contributed by atoms with E-state index in [1.54, 1.807) is 0 Å². The number of hydrogen-bond donors (Lipinski definition) is 0. The summed E-state index contributed by atoms with van der Waals surface area (Å²) < 4.78 is 35.4. The predicted octanol–water partition coefficient (Wildman–Crippen LogP) is 0.0644. The number of hydrogen-bond acceptors (Lipinski definition) is 5. The molecule has 2 rings (SSSR count). The smallest absolute Gasteiger partial charge is 0.248 e. The summed E-state index contributed by atoms with van der Waals surface area (Å²) in [7, 11) is -1.56. The van der Waals surface area contributed by atoms with Gasteiger partial charge in [-0.25, -0.2) is 12.7 Å². The molecular weight excluding hydrogens is 308 g/mol. The molecule has 0 radical (unpaired) electrons. The van der Waals surface area contributed by atoms with Crippen LogP contribution < -0.4 is 0 Å². The van der Waals surface area contributed by atoms with Gasteiger partial charge < -0.3 is 14.4 Å². The molecule has 0 aromatic carbocycles. The molecule has 1 amide bonds.